The molecule has 2 nitrogen and oxygen atoms in total. The van der Waals surface area contributed by atoms with Crippen LogP contribution in [0.15, 0.2) is 18.2 Å². The van der Waals surface area contributed by atoms with E-state index in [-0.39, 0.29) is 16.9 Å². The number of Topliss-reactive ketones (excluding diaryl/α,β-unsaturated/α-hetero) is 1. The van der Waals surface area contributed by atoms with Gasteiger partial charge in [0.15, 0.2) is 0 Å². The van der Waals surface area contributed by atoms with Crippen LogP contribution in [0.1, 0.15) is 12.8 Å². The molecule has 4 heteroatoms. The number of halogens is 2. The Morgan fingerprint density at radius 2 is 2.14 bits per heavy atom. The second kappa shape index (κ2) is 3.58. The van der Waals surface area contributed by atoms with Crippen molar-refractivity contribution in [3.63, 3.8) is 0 Å². The Kier molecular flexibility index (Phi) is 2.42. The molecule has 1 saturated carbocycles. The van der Waals surface area contributed by atoms with E-state index in [1.54, 1.807) is 6.07 Å². The minimum Gasteiger partial charge on any atom is -0.489 e. The van der Waals surface area contributed by atoms with E-state index in [4.69, 9.17) is 16.3 Å². The van der Waals surface area contributed by atoms with Crippen molar-refractivity contribution in [3.8, 4) is 5.75 Å². The van der Waals surface area contributed by atoms with Crippen LogP contribution < -0.4 is 4.74 Å². The van der Waals surface area contributed by atoms with Crippen molar-refractivity contribution >= 4 is 17.4 Å². The van der Waals surface area contributed by atoms with Crippen molar-refractivity contribution in [1.29, 1.82) is 0 Å². The fourth-order valence-corrected chi connectivity index (χ4v) is 1.39. The van der Waals surface area contributed by atoms with Gasteiger partial charge in [-0.05, 0) is 12.1 Å². The number of hydrogen-bond acceptors (Lipinski definition) is 2. The third-order valence-corrected chi connectivity index (χ3v) is 2.41. The summed E-state index contributed by atoms with van der Waals surface area (Å²) in [7, 11) is 0. The zero-order valence-electron chi connectivity index (χ0n) is 7.30. The van der Waals surface area contributed by atoms with Gasteiger partial charge >= 0.3 is 0 Å². The lowest BCUT2D eigenvalue weighted by atomic mass is 9.94. The van der Waals surface area contributed by atoms with E-state index in [2.05, 4.69) is 0 Å². The van der Waals surface area contributed by atoms with Crippen LogP contribution in [0.2, 0.25) is 5.02 Å². The highest BCUT2D eigenvalue weighted by molar-refractivity contribution is 6.30. The molecule has 0 heterocycles. The van der Waals surface area contributed by atoms with Crippen LogP contribution in [-0.2, 0) is 4.79 Å². The largest absolute Gasteiger partial charge is 0.489 e. The molecular formula is C10H8ClFO2. The maximum absolute atomic E-state index is 12.9. The molecule has 2 rings (SSSR count). The monoisotopic (exact) mass is 214 g/mol. The molecule has 0 aliphatic heterocycles. The lowest BCUT2D eigenvalue weighted by Crippen LogP contribution is -2.33. The zero-order chi connectivity index (χ0) is 10.1. The highest BCUT2D eigenvalue weighted by Gasteiger charge is 2.28. The highest BCUT2D eigenvalue weighted by Crippen LogP contribution is 2.25. The lowest BCUT2D eigenvalue weighted by molar-refractivity contribution is -0.129. The maximum Gasteiger partial charge on any atom is 0.145 e. The number of ether oxygens (including phenoxy) is 1. The van der Waals surface area contributed by atoms with E-state index in [9.17, 15) is 9.18 Å². The van der Waals surface area contributed by atoms with Crippen LogP contribution in [0, 0.1) is 5.82 Å². The van der Waals surface area contributed by atoms with E-state index in [1.807, 2.05) is 0 Å². The minimum absolute atomic E-state index is 0.0713. The molecule has 14 heavy (non-hydrogen) atoms. The Balaban J connectivity index is 2.03. The fourth-order valence-electron chi connectivity index (χ4n) is 1.27. The quantitative estimate of drug-likeness (QED) is 0.757. The van der Waals surface area contributed by atoms with E-state index >= 15 is 0 Å². The van der Waals surface area contributed by atoms with E-state index in [0.29, 0.717) is 18.6 Å². The predicted molar refractivity (Wildman–Crippen MR) is 50.1 cm³/mol. The van der Waals surface area contributed by atoms with Crippen LogP contribution >= 0.6 is 11.6 Å². The molecule has 0 aromatic heterocycles. The zero-order valence-corrected chi connectivity index (χ0v) is 8.05. The first-order valence-corrected chi connectivity index (χ1v) is 4.66. The Morgan fingerprint density at radius 3 is 2.71 bits per heavy atom. The summed E-state index contributed by atoms with van der Waals surface area (Å²) in [5.41, 5.74) is 0. The van der Waals surface area contributed by atoms with Gasteiger partial charge in [-0.15, -0.1) is 0 Å². The van der Waals surface area contributed by atoms with Crippen molar-refractivity contribution in [1.82, 2.24) is 0 Å². The number of carbonyl (C=O) groups is 1. The van der Waals surface area contributed by atoms with Crippen LogP contribution in [0.4, 0.5) is 4.39 Å². The smallest absolute Gasteiger partial charge is 0.145 e. The average molecular weight is 215 g/mol. The Hall–Kier alpha value is -1.09. The number of rotatable bonds is 2. The molecular weight excluding hydrogens is 207 g/mol. The predicted octanol–water partition coefficient (Wildman–Crippen LogP) is 2.59. The first-order chi connectivity index (χ1) is 6.65. The number of carbonyl (C=O) groups excluding carboxylic acids is 1. The Bertz CT molecular complexity index is 370. The maximum atomic E-state index is 12.9. The normalized spacial score (nSPS) is 16.6. The molecule has 0 unspecified atom stereocenters. The minimum atomic E-state index is -0.505. The van der Waals surface area contributed by atoms with Crippen LogP contribution in [-0.4, -0.2) is 11.9 Å². The van der Waals surface area contributed by atoms with Gasteiger partial charge in [-0.25, -0.2) is 4.39 Å². The third kappa shape index (κ3) is 1.87. The molecule has 0 atom stereocenters. The molecule has 0 N–H and O–H groups in total. The van der Waals surface area contributed by atoms with Crippen molar-refractivity contribution in [2.45, 2.75) is 18.9 Å². The van der Waals surface area contributed by atoms with Crippen LogP contribution in [0.25, 0.3) is 0 Å². The third-order valence-electron chi connectivity index (χ3n) is 2.10. The average Bonchev–Trinajstić information content (AvgIpc) is 2.09. The summed E-state index contributed by atoms with van der Waals surface area (Å²) in [6.07, 6.45) is 0.747. The standard InChI is InChI=1S/C10H8ClFO2/c11-9-2-1-7(5-10(9)12)14-8-3-6(13)4-8/h1-2,5,8H,3-4H2. The van der Waals surface area contributed by atoms with Gasteiger partial charge in [0.05, 0.1) is 5.02 Å². The highest BCUT2D eigenvalue weighted by atomic mass is 35.5. The second-order valence-corrected chi connectivity index (χ2v) is 3.67. The number of hydrogen-bond donors (Lipinski definition) is 0. The van der Waals surface area contributed by atoms with Gasteiger partial charge in [0.1, 0.15) is 23.5 Å². The molecule has 0 saturated heterocycles. The second-order valence-electron chi connectivity index (χ2n) is 3.26. The SMILES string of the molecule is O=C1CC(Oc2ccc(Cl)c(F)c2)C1. The molecule has 0 bridgehead atoms. The van der Waals surface area contributed by atoms with E-state index in [1.165, 1.54) is 12.1 Å². The van der Waals surface area contributed by atoms with Crippen LogP contribution in [0.5, 0.6) is 5.75 Å². The summed E-state index contributed by atoms with van der Waals surface area (Å²) < 4.78 is 18.3. The number of benzene rings is 1. The molecule has 1 aliphatic rings. The molecule has 1 aromatic carbocycles. The first kappa shape index (κ1) is 9.46. The summed E-state index contributed by atoms with van der Waals surface area (Å²) >= 11 is 5.50. The molecule has 1 aromatic rings. The van der Waals surface area contributed by atoms with Gasteiger partial charge < -0.3 is 4.74 Å². The van der Waals surface area contributed by atoms with E-state index in [0.717, 1.165) is 0 Å². The summed E-state index contributed by atoms with van der Waals surface area (Å²) in [5, 5.41) is 0.0713. The Labute approximate surface area is 85.6 Å². The van der Waals surface area contributed by atoms with Gasteiger partial charge in [-0.2, -0.15) is 0 Å². The summed E-state index contributed by atoms with van der Waals surface area (Å²) in [6.45, 7) is 0. The van der Waals surface area contributed by atoms with Gasteiger partial charge in [0.25, 0.3) is 0 Å². The summed E-state index contributed by atoms with van der Waals surface area (Å²) in [5.74, 6) is 0.101. The molecule has 0 amide bonds. The van der Waals surface area contributed by atoms with Crippen molar-refractivity contribution in [3.05, 3.63) is 29.0 Å². The molecule has 74 valence electrons. The van der Waals surface area contributed by atoms with Crippen molar-refractivity contribution < 1.29 is 13.9 Å². The van der Waals surface area contributed by atoms with Crippen molar-refractivity contribution in [2.75, 3.05) is 0 Å². The molecule has 0 spiro atoms. The number of ketones is 1. The summed E-state index contributed by atoms with van der Waals surface area (Å²) in [4.78, 5) is 10.6. The topological polar surface area (TPSA) is 26.3 Å². The first-order valence-electron chi connectivity index (χ1n) is 4.28. The van der Waals surface area contributed by atoms with Gasteiger partial charge in [0.2, 0.25) is 0 Å². The molecule has 0 radical (unpaired) electrons. The van der Waals surface area contributed by atoms with Crippen molar-refractivity contribution in [2.24, 2.45) is 0 Å². The van der Waals surface area contributed by atoms with Crippen LogP contribution in [0.3, 0.4) is 0 Å². The molecule has 1 aliphatic carbocycles. The lowest BCUT2D eigenvalue weighted by Gasteiger charge is -2.25. The van der Waals surface area contributed by atoms with E-state index < -0.39 is 5.82 Å². The van der Waals surface area contributed by atoms with Gasteiger partial charge in [-0.1, -0.05) is 11.6 Å². The fraction of sp³-hybridized carbons (Fsp3) is 0.300. The van der Waals surface area contributed by atoms with Gasteiger partial charge in [0, 0.05) is 18.9 Å². The molecule has 1 fully saturated rings. The Morgan fingerprint density at radius 1 is 1.43 bits per heavy atom. The van der Waals surface area contributed by atoms with Gasteiger partial charge in [-0.3, -0.25) is 4.79 Å². The summed E-state index contributed by atoms with van der Waals surface area (Å²) in [6, 6.07) is 4.26.